The molecular weight excluding hydrogens is 204 g/mol. The zero-order valence-corrected chi connectivity index (χ0v) is 9.60. The van der Waals surface area contributed by atoms with E-state index in [9.17, 15) is 4.79 Å². The molecule has 0 heterocycles. The van der Waals surface area contributed by atoms with Crippen molar-refractivity contribution in [2.45, 2.75) is 12.7 Å². The molecule has 0 radical (unpaired) electrons. The molecule has 1 aliphatic carbocycles. The second kappa shape index (κ2) is 5.58. The summed E-state index contributed by atoms with van der Waals surface area (Å²) in [6, 6.07) is 0. The topological polar surface area (TPSA) is 35.5 Å². The summed E-state index contributed by atoms with van der Waals surface area (Å²) in [6.07, 6.45) is 9.79. The molecule has 0 saturated heterocycles. The van der Waals surface area contributed by atoms with Gasteiger partial charge in [-0.25, -0.2) is 0 Å². The molecular formula is C13H16O3. The number of ether oxygens (including phenoxy) is 2. The highest BCUT2D eigenvalue weighted by Crippen LogP contribution is 2.19. The molecule has 3 nitrogen and oxygen atoms in total. The van der Waals surface area contributed by atoms with Crippen molar-refractivity contribution in [3.63, 3.8) is 0 Å². The van der Waals surface area contributed by atoms with Crippen LogP contribution in [0.3, 0.4) is 0 Å². The zero-order chi connectivity index (χ0) is 12.0. The third-order valence-electron chi connectivity index (χ3n) is 2.09. The van der Waals surface area contributed by atoms with Gasteiger partial charge in [0.25, 0.3) is 0 Å². The molecule has 86 valence electrons. The summed E-state index contributed by atoms with van der Waals surface area (Å²) in [7, 11) is 1.53. The predicted molar refractivity (Wildman–Crippen MR) is 62.9 cm³/mol. The maximum Gasteiger partial charge on any atom is 0.208 e. The number of ketones is 1. The number of methoxy groups -OCH3 is 1. The van der Waals surface area contributed by atoms with Crippen LogP contribution in [-0.2, 0) is 14.3 Å². The van der Waals surface area contributed by atoms with Crippen LogP contribution in [0.25, 0.3) is 0 Å². The SMILES string of the molecule is C=C(C)/C=C/COC1(OC)C=CC(=O)C=C1. The first-order valence-electron chi connectivity index (χ1n) is 5.01. The summed E-state index contributed by atoms with van der Waals surface area (Å²) in [6.45, 7) is 6.04. The van der Waals surface area contributed by atoms with E-state index in [2.05, 4.69) is 6.58 Å². The number of hydrogen-bond acceptors (Lipinski definition) is 3. The Hall–Kier alpha value is -1.45. The number of carbonyl (C=O) groups excluding carboxylic acids is 1. The van der Waals surface area contributed by atoms with Crippen molar-refractivity contribution in [1.29, 1.82) is 0 Å². The molecule has 0 bridgehead atoms. The zero-order valence-electron chi connectivity index (χ0n) is 9.60. The predicted octanol–water partition coefficient (Wildman–Crippen LogP) is 2.17. The lowest BCUT2D eigenvalue weighted by Gasteiger charge is -2.26. The summed E-state index contributed by atoms with van der Waals surface area (Å²) < 4.78 is 10.8. The van der Waals surface area contributed by atoms with Gasteiger partial charge in [0.1, 0.15) is 0 Å². The van der Waals surface area contributed by atoms with Gasteiger partial charge in [-0.2, -0.15) is 0 Å². The van der Waals surface area contributed by atoms with E-state index < -0.39 is 5.79 Å². The molecule has 0 saturated carbocycles. The third kappa shape index (κ3) is 3.61. The molecule has 0 aromatic heterocycles. The lowest BCUT2D eigenvalue weighted by molar-refractivity contribution is -0.147. The molecule has 1 rings (SSSR count). The molecule has 0 amide bonds. The minimum Gasteiger partial charge on any atom is -0.346 e. The van der Waals surface area contributed by atoms with Gasteiger partial charge in [0.05, 0.1) is 6.61 Å². The van der Waals surface area contributed by atoms with Crippen molar-refractivity contribution in [3.8, 4) is 0 Å². The second-order valence-electron chi connectivity index (χ2n) is 3.55. The molecule has 0 unspecified atom stereocenters. The highest BCUT2D eigenvalue weighted by molar-refractivity contribution is 6.00. The van der Waals surface area contributed by atoms with Crippen molar-refractivity contribution in [1.82, 2.24) is 0 Å². The summed E-state index contributed by atoms with van der Waals surface area (Å²) in [5.41, 5.74) is 0.958. The summed E-state index contributed by atoms with van der Waals surface area (Å²) in [4.78, 5) is 11.0. The van der Waals surface area contributed by atoms with Gasteiger partial charge in [-0.3, -0.25) is 4.79 Å². The number of carbonyl (C=O) groups is 1. The lowest BCUT2D eigenvalue weighted by Crippen LogP contribution is -2.32. The van der Waals surface area contributed by atoms with Gasteiger partial charge in [-0.1, -0.05) is 24.3 Å². The fourth-order valence-corrected chi connectivity index (χ4v) is 1.23. The Kier molecular flexibility index (Phi) is 4.40. The Labute approximate surface area is 95.7 Å². The lowest BCUT2D eigenvalue weighted by atomic mass is 10.1. The fraction of sp³-hybridized carbons (Fsp3) is 0.308. The van der Waals surface area contributed by atoms with E-state index in [4.69, 9.17) is 9.47 Å². The molecule has 16 heavy (non-hydrogen) atoms. The van der Waals surface area contributed by atoms with Crippen molar-refractivity contribution < 1.29 is 14.3 Å². The smallest absolute Gasteiger partial charge is 0.208 e. The monoisotopic (exact) mass is 220 g/mol. The number of hydrogen-bond donors (Lipinski definition) is 0. The van der Waals surface area contributed by atoms with Crippen LogP contribution < -0.4 is 0 Å². The molecule has 0 N–H and O–H groups in total. The summed E-state index contributed by atoms with van der Waals surface area (Å²) in [5.74, 6) is -0.985. The van der Waals surface area contributed by atoms with Crippen molar-refractivity contribution in [2.75, 3.05) is 13.7 Å². The van der Waals surface area contributed by atoms with Gasteiger partial charge in [0, 0.05) is 7.11 Å². The van der Waals surface area contributed by atoms with Gasteiger partial charge in [0.2, 0.25) is 5.79 Å². The first-order valence-corrected chi connectivity index (χ1v) is 5.01. The normalized spacial score (nSPS) is 18.2. The van der Waals surface area contributed by atoms with E-state index in [0.29, 0.717) is 6.61 Å². The second-order valence-corrected chi connectivity index (χ2v) is 3.55. The average molecular weight is 220 g/mol. The quantitative estimate of drug-likeness (QED) is 0.526. The minimum absolute atomic E-state index is 0.0613. The van der Waals surface area contributed by atoms with Gasteiger partial charge in [-0.05, 0) is 31.2 Å². The molecule has 0 atom stereocenters. The highest BCUT2D eigenvalue weighted by Gasteiger charge is 2.26. The van der Waals surface area contributed by atoms with Crippen LogP contribution in [0.2, 0.25) is 0 Å². The molecule has 0 fully saturated rings. The number of rotatable bonds is 5. The third-order valence-corrected chi connectivity index (χ3v) is 2.09. The minimum atomic E-state index is -0.923. The Morgan fingerprint density at radius 1 is 1.50 bits per heavy atom. The van der Waals surface area contributed by atoms with E-state index in [1.165, 1.54) is 19.3 Å². The standard InChI is InChI=1S/C13H16O3/c1-11(2)5-4-10-16-13(15-3)8-6-12(14)7-9-13/h4-9H,1,10H2,2-3H3/b5-4+. The Morgan fingerprint density at radius 3 is 2.62 bits per heavy atom. The maximum absolute atomic E-state index is 11.0. The number of allylic oxidation sites excluding steroid dienone is 4. The molecule has 0 spiro atoms. The van der Waals surface area contributed by atoms with Gasteiger partial charge < -0.3 is 9.47 Å². The first kappa shape index (κ1) is 12.6. The van der Waals surface area contributed by atoms with Crippen molar-refractivity contribution in [2.24, 2.45) is 0 Å². The van der Waals surface area contributed by atoms with E-state index >= 15 is 0 Å². The van der Waals surface area contributed by atoms with Gasteiger partial charge in [0.15, 0.2) is 5.78 Å². The molecule has 0 aromatic rings. The summed E-state index contributed by atoms with van der Waals surface area (Å²) in [5, 5.41) is 0. The van der Waals surface area contributed by atoms with Crippen LogP contribution in [0.5, 0.6) is 0 Å². The van der Waals surface area contributed by atoms with Crippen molar-refractivity contribution >= 4 is 5.78 Å². The maximum atomic E-state index is 11.0. The van der Waals surface area contributed by atoms with E-state index in [1.807, 2.05) is 19.1 Å². The van der Waals surface area contributed by atoms with E-state index in [0.717, 1.165) is 5.57 Å². The Morgan fingerprint density at radius 2 is 2.12 bits per heavy atom. The Balaban J connectivity index is 2.56. The van der Waals surface area contributed by atoms with Crippen molar-refractivity contribution in [3.05, 3.63) is 48.6 Å². The largest absolute Gasteiger partial charge is 0.346 e. The van der Waals surface area contributed by atoms with Gasteiger partial charge in [-0.15, -0.1) is 0 Å². The Bertz CT molecular complexity index is 345. The molecule has 0 aliphatic heterocycles. The summed E-state index contributed by atoms with van der Waals surface area (Å²) >= 11 is 0. The van der Waals surface area contributed by atoms with Crippen LogP contribution in [0.4, 0.5) is 0 Å². The molecule has 3 heteroatoms. The van der Waals surface area contributed by atoms with Crippen LogP contribution in [0.15, 0.2) is 48.6 Å². The van der Waals surface area contributed by atoms with Crippen LogP contribution in [-0.4, -0.2) is 25.3 Å². The average Bonchev–Trinajstić information content (AvgIpc) is 2.27. The fourth-order valence-electron chi connectivity index (χ4n) is 1.23. The van der Waals surface area contributed by atoms with Gasteiger partial charge >= 0.3 is 0 Å². The highest BCUT2D eigenvalue weighted by atomic mass is 16.7. The molecule has 1 aliphatic rings. The van der Waals surface area contributed by atoms with E-state index in [1.54, 1.807) is 12.2 Å². The van der Waals surface area contributed by atoms with E-state index in [-0.39, 0.29) is 5.78 Å². The van der Waals surface area contributed by atoms with Crippen LogP contribution >= 0.6 is 0 Å². The molecule has 0 aromatic carbocycles. The van der Waals surface area contributed by atoms with Crippen LogP contribution in [0, 0.1) is 0 Å². The first-order chi connectivity index (χ1) is 7.58. The van der Waals surface area contributed by atoms with Crippen LogP contribution in [0.1, 0.15) is 6.92 Å².